The van der Waals surface area contributed by atoms with Crippen LogP contribution in [0.1, 0.15) is 0 Å². The summed E-state index contributed by atoms with van der Waals surface area (Å²) in [6.45, 7) is 2.66. The molecule has 3 aromatic rings. The first kappa shape index (κ1) is 19.0. The smallest absolute Gasteiger partial charge is 0.233 e. The van der Waals surface area contributed by atoms with E-state index >= 15 is 0 Å². The van der Waals surface area contributed by atoms with E-state index in [0.29, 0.717) is 48.8 Å². The highest BCUT2D eigenvalue weighted by molar-refractivity contribution is 7.99. The number of morpholine rings is 1. The number of carbonyl (C=O) groups excluding carboxylic acids is 1. The molecule has 0 bridgehead atoms. The number of aromatic nitrogens is 3. The van der Waals surface area contributed by atoms with Crippen LogP contribution in [-0.4, -0.2) is 64.4 Å². The van der Waals surface area contributed by atoms with Gasteiger partial charge in [0.1, 0.15) is 0 Å². The first-order valence-corrected chi connectivity index (χ1v) is 10.7. The average Bonchev–Trinajstić information content (AvgIpc) is 3.45. The van der Waals surface area contributed by atoms with Crippen molar-refractivity contribution in [1.29, 1.82) is 0 Å². The van der Waals surface area contributed by atoms with Crippen LogP contribution in [0.5, 0.6) is 11.5 Å². The minimum Gasteiger partial charge on any atom is -0.454 e. The van der Waals surface area contributed by atoms with Gasteiger partial charge < -0.3 is 19.1 Å². The summed E-state index contributed by atoms with van der Waals surface area (Å²) in [6.07, 6.45) is 0. The zero-order valence-electron chi connectivity index (χ0n) is 16.2. The number of nitrogens with zero attached hydrogens (tertiary/aromatic N) is 4. The van der Waals surface area contributed by atoms with E-state index in [1.165, 1.54) is 11.8 Å². The molecule has 2 aliphatic heterocycles. The maximum atomic E-state index is 12.6. The van der Waals surface area contributed by atoms with Gasteiger partial charge in [-0.1, -0.05) is 30.0 Å². The van der Waals surface area contributed by atoms with Crippen molar-refractivity contribution in [1.82, 2.24) is 19.7 Å². The molecule has 0 radical (unpaired) electrons. The molecular weight excluding hydrogens is 404 g/mol. The standard InChI is InChI=1S/C21H20N4O4S/c26-19(24-8-10-27-11-9-24)13-30-21-23-22-20(25(21)16-4-2-1-3-5-16)15-6-7-17-18(12-15)29-14-28-17/h1-7,12H,8-11,13-14H2. The van der Waals surface area contributed by atoms with Crippen LogP contribution in [0.25, 0.3) is 17.1 Å². The van der Waals surface area contributed by atoms with Gasteiger partial charge in [-0.3, -0.25) is 9.36 Å². The normalized spacial score (nSPS) is 15.4. The third kappa shape index (κ3) is 3.73. The van der Waals surface area contributed by atoms with Crippen molar-refractivity contribution >= 4 is 17.7 Å². The Hall–Kier alpha value is -3.04. The van der Waals surface area contributed by atoms with Gasteiger partial charge in [0.2, 0.25) is 12.7 Å². The van der Waals surface area contributed by atoms with Crippen LogP contribution >= 0.6 is 11.8 Å². The quantitative estimate of drug-likeness (QED) is 0.583. The van der Waals surface area contributed by atoms with Crippen molar-refractivity contribution in [3.05, 3.63) is 48.5 Å². The van der Waals surface area contributed by atoms with E-state index in [2.05, 4.69) is 10.2 Å². The Balaban J connectivity index is 1.45. The molecule has 9 heteroatoms. The molecule has 2 aliphatic rings. The van der Waals surface area contributed by atoms with Gasteiger partial charge in [0.15, 0.2) is 22.5 Å². The maximum Gasteiger partial charge on any atom is 0.233 e. The van der Waals surface area contributed by atoms with Crippen molar-refractivity contribution in [3.63, 3.8) is 0 Å². The summed E-state index contributed by atoms with van der Waals surface area (Å²) in [5.74, 6) is 2.46. The molecule has 1 amide bonds. The van der Waals surface area contributed by atoms with Gasteiger partial charge in [-0.2, -0.15) is 0 Å². The Morgan fingerprint density at radius 3 is 2.63 bits per heavy atom. The third-order valence-electron chi connectivity index (χ3n) is 4.97. The molecule has 0 unspecified atom stereocenters. The highest BCUT2D eigenvalue weighted by atomic mass is 32.2. The lowest BCUT2D eigenvalue weighted by atomic mass is 10.2. The number of amides is 1. The molecule has 8 nitrogen and oxygen atoms in total. The van der Waals surface area contributed by atoms with Crippen LogP contribution in [0, 0.1) is 0 Å². The van der Waals surface area contributed by atoms with Gasteiger partial charge in [-0.25, -0.2) is 0 Å². The molecule has 0 N–H and O–H groups in total. The minimum atomic E-state index is 0.0792. The summed E-state index contributed by atoms with van der Waals surface area (Å²) in [7, 11) is 0. The van der Waals surface area contributed by atoms with Crippen molar-refractivity contribution in [2.75, 3.05) is 38.8 Å². The van der Waals surface area contributed by atoms with Crippen LogP contribution in [-0.2, 0) is 9.53 Å². The second kappa shape index (κ2) is 8.37. The zero-order valence-corrected chi connectivity index (χ0v) is 17.0. The van der Waals surface area contributed by atoms with Crippen LogP contribution < -0.4 is 9.47 Å². The Morgan fingerprint density at radius 2 is 1.80 bits per heavy atom. The highest BCUT2D eigenvalue weighted by Crippen LogP contribution is 2.37. The SMILES string of the molecule is O=C(CSc1nnc(-c2ccc3c(c2)OCO3)n1-c1ccccc1)N1CCOCC1. The predicted molar refractivity (Wildman–Crippen MR) is 111 cm³/mol. The lowest BCUT2D eigenvalue weighted by Crippen LogP contribution is -2.41. The fourth-order valence-corrected chi connectivity index (χ4v) is 4.28. The van der Waals surface area contributed by atoms with E-state index in [4.69, 9.17) is 14.2 Å². The van der Waals surface area contributed by atoms with E-state index in [9.17, 15) is 4.79 Å². The lowest BCUT2D eigenvalue weighted by molar-refractivity contribution is -0.132. The Bertz CT molecular complexity index is 1050. The molecule has 0 saturated carbocycles. The monoisotopic (exact) mass is 424 g/mol. The zero-order chi connectivity index (χ0) is 20.3. The number of hydrogen-bond acceptors (Lipinski definition) is 7. The van der Waals surface area contributed by atoms with E-state index in [1.807, 2.05) is 58.0 Å². The summed E-state index contributed by atoms with van der Waals surface area (Å²) in [5, 5.41) is 9.48. The molecule has 5 rings (SSSR count). The van der Waals surface area contributed by atoms with Gasteiger partial charge in [0, 0.05) is 24.3 Å². The second-order valence-corrected chi connectivity index (χ2v) is 7.77. The number of hydrogen-bond donors (Lipinski definition) is 0. The Morgan fingerprint density at radius 1 is 1.00 bits per heavy atom. The second-order valence-electron chi connectivity index (χ2n) is 6.83. The summed E-state index contributed by atoms with van der Waals surface area (Å²) in [5.41, 5.74) is 1.79. The van der Waals surface area contributed by atoms with Crippen LogP contribution in [0.15, 0.2) is 53.7 Å². The maximum absolute atomic E-state index is 12.6. The van der Waals surface area contributed by atoms with Crippen LogP contribution in [0.2, 0.25) is 0 Å². The van der Waals surface area contributed by atoms with Crippen LogP contribution in [0.4, 0.5) is 0 Å². The first-order chi connectivity index (χ1) is 14.8. The first-order valence-electron chi connectivity index (χ1n) is 9.69. The van der Waals surface area contributed by atoms with Crippen molar-refractivity contribution in [2.24, 2.45) is 0 Å². The average molecular weight is 424 g/mol. The van der Waals surface area contributed by atoms with E-state index < -0.39 is 0 Å². The molecule has 154 valence electrons. The Kier molecular flexibility index (Phi) is 5.29. The molecule has 30 heavy (non-hydrogen) atoms. The van der Waals surface area contributed by atoms with Crippen molar-refractivity contribution < 1.29 is 19.0 Å². The molecule has 0 spiro atoms. The van der Waals surface area contributed by atoms with Crippen molar-refractivity contribution in [2.45, 2.75) is 5.16 Å². The minimum absolute atomic E-state index is 0.0792. The molecule has 0 aliphatic carbocycles. The van der Waals surface area contributed by atoms with Gasteiger partial charge in [-0.05, 0) is 30.3 Å². The topological polar surface area (TPSA) is 78.7 Å². The number of rotatable bonds is 5. The molecule has 0 atom stereocenters. The molecule has 2 aromatic carbocycles. The third-order valence-corrected chi connectivity index (χ3v) is 5.88. The molecule has 1 aromatic heterocycles. The van der Waals surface area contributed by atoms with E-state index in [-0.39, 0.29) is 12.7 Å². The fraction of sp³-hybridized carbons (Fsp3) is 0.286. The molecule has 3 heterocycles. The summed E-state index contributed by atoms with van der Waals surface area (Å²) < 4.78 is 18.2. The van der Waals surface area contributed by atoms with Gasteiger partial charge in [0.05, 0.1) is 19.0 Å². The van der Waals surface area contributed by atoms with E-state index in [1.54, 1.807) is 0 Å². The Labute approximate surface area is 177 Å². The lowest BCUT2D eigenvalue weighted by Gasteiger charge is -2.26. The number of benzene rings is 2. The van der Waals surface area contributed by atoms with Gasteiger partial charge in [-0.15, -0.1) is 10.2 Å². The van der Waals surface area contributed by atoms with E-state index in [0.717, 1.165) is 17.0 Å². The van der Waals surface area contributed by atoms with Gasteiger partial charge >= 0.3 is 0 Å². The number of thioether (sulfide) groups is 1. The fourth-order valence-electron chi connectivity index (χ4n) is 3.43. The summed E-state index contributed by atoms with van der Waals surface area (Å²) in [6, 6.07) is 15.6. The largest absolute Gasteiger partial charge is 0.454 e. The number of carbonyl (C=O) groups is 1. The summed E-state index contributed by atoms with van der Waals surface area (Å²) >= 11 is 1.39. The highest BCUT2D eigenvalue weighted by Gasteiger charge is 2.22. The summed E-state index contributed by atoms with van der Waals surface area (Å²) in [4.78, 5) is 14.4. The number of para-hydroxylation sites is 1. The predicted octanol–water partition coefficient (Wildman–Crippen LogP) is 2.61. The number of ether oxygens (including phenoxy) is 3. The van der Waals surface area contributed by atoms with Crippen molar-refractivity contribution in [3.8, 4) is 28.6 Å². The van der Waals surface area contributed by atoms with Crippen LogP contribution in [0.3, 0.4) is 0 Å². The molecule has 1 saturated heterocycles. The molecular formula is C21H20N4O4S. The molecule has 1 fully saturated rings. The number of fused-ring (bicyclic) bond motifs is 1. The van der Waals surface area contributed by atoms with Gasteiger partial charge in [0.25, 0.3) is 0 Å².